The van der Waals surface area contributed by atoms with Gasteiger partial charge in [0.05, 0.1) is 5.71 Å². The average molecular weight is 508 g/mol. The van der Waals surface area contributed by atoms with E-state index in [-0.39, 0.29) is 5.04 Å². The fourth-order valence-corrected chi connectivity index (χ4v) is 10.1. The molecule has 2 nitrogen and oxygen atoms in total. The summed E-state index contributed by atoms with van der Waals surface area (Å²) >= 11 is 0. The summed E-state index contributed by atoms with van der Waals surface area (Å²) in [6.07, 6.45) is 0. The number of nitrogens with zero attached hydrogens (tertiary/aromatic N) is 1. The van der Waals surface area contributed by atoms with Gasteiger partial charge in [0.15, 0.2) is 8.24 Å². The Labute approximate surface area is 218 Å². The van der Waals surface area contributed by atoms with Crippen LogP contribution >= 0.6 is 0 Å². The van der Waals surface area contributed by atoms with Gasteiger partial charge in [-0.1, -0.05) is 112 Å². The van der Waals surface area contributed by atoms with Crippen molar-refractivity contribution in [3.63, 3.8) is 0 Å². The zero-order chi connectivity index (χ0) is 25.8. The smallest absolute Gasteiger partial charge is 0.319 e. The molecule has 0 aliphatic heterocycles. The van der Waals surface area contributed by atoms with Crippen LogP contribution in [-0.4, -0.2) is 22.3 Å². The van der Waals surface area contributed by atoms with E-state index in [9.17, 15) is 0 Å². The van der Waals surface area contributed by atoms with E-state index in [1.165, 1.54) is 10.4 Å². The van der Waals surface area contributed by atoms with Crippen LogP contribution in [0, 0.1) is 0 Å². The first-order valence-electron chi connectivity index (χ1n) is 12.7. The van der Waals surface area contributed by atoms with Crippen LogP contribution in [0.25, 0.3) is 0 Å². The minimum Gasteiger partial charge on any atom is -0.534 e. The molecule has 4 aromatic carbocycles. The Kier molecular flexibility index (Phi) is 7.48. The molecule has 0 fully saturated rings. The first kappa shape index (κ1) is 25.9. The summed E-state index contributed by atoms with van der Waals surface area (Å²) in [4.78, 5) is 0. The second kappa shape index (κ2) is 10.4. The molecule has 0 amide bonds. The minimum atomic E-state index is -2.66. The molecule has 0 unspecified atom stereocenters. The maximum atomic E-state index is 7.19. The van der Waals surface area contributed by atoms with Crippen molar-refractivity contribution in [1.29, 1.82) is 0 Å². The van der Waals surface area contributed by atoms with E-state index in [2.05, 4.69) is 156 Å². The van der Waals surface area contributed by atoms with E-state index >= 15 is 0 Å². The first-order valence-corrected chi connectivity index (χ1v) is 18.0. The summed E-state index contributed by atoms with van der Waals surface area (Å²) in [5.74, 6) is 0.897. The van der Waals surface area contributed by atoms with Crippen LogP contribution in [-0.2, 0) is 0 Å². The van der Waals surface area contributed by atoms with E-state index in [0.717, 1.165) is 22.6 Å². The predicted molar refractivity (Wildman–Crippen MR) is 160 cm³/mol. The second-order valence-corrected chi connectivity index (χ2v) is 20.1. The van der Waals surface area contributed by atoms with Crippen molar-refractivity contribution in [2.45, 2.75) is 45.5 Å². The van der Waals surface area contributed by atoms with Crippen LogP contribution < -0.4 is 14.8 Å². The number of hydrogen-bond acceptors (Lipinski definition) is 2. The highest BCUT2D eigenvalue weighted by Gasteiger charge is 2.52. The molecule has 36 heavy (non-hydrogen) atoms. The van der Waals surface area contributed by atoms with E-state index in [1.54, 1.807) is 0 Å². The zero-order valence-electron chi connectivity index (χ0n) is 22.3. The Balaban J connectivity index is 1.80. The van der Waals surface area contributed by atoms with Gasteiger partial charge < -0.3 is 9.08 Å². The lowest BCUT2D eigenvalue weighted by Crippen LogP contribution is -2.68. The monoisotopic (exact) mass is 507 g/mol. The molecule has 184 valence electrons. The van der Waals surface area contributed by atoms with Crippen molar-refractivity contribution in [3.05, 3.63) is 126 Å². The lowest BCUT2D eigenvalue weighted by atomic mass is 10.0. The molecule has 0 radical (unpaired) electrons. The fourth-order valence-electron chi connectivity index (χ4n) is 4.73. The molecular weight excluding hydrogens is 471 g/mol. The largest absolute Gasteiger partial charge is 0.534 e. The quantitative estimate of drug-likeness (QED) is 0.190. The second-order valence-electron chi connectivity index (χ2n) is 11.3. The summed E-state index contributed by atoms with van der Waals surface area (Å²) < 4.78 is 12.4. The number of hydrogen-bond donors (Lipinski definition) is 0. The Hall–Kier alpha value is -3.22. The molecule has 0 aliphatic carbocycles. The Morgan fingerprint density at radius 2 is 1.00 bits per heavy atom. The van der Waals surface area contributed by atoms with Gasteiger partial charge >= 0.3 is 8.32 Å². The molecule has 0 atom stereocenters. The number of benzene rings is 4. The van der Waals surface area contributed by atoms with E-state index in [0.29, 0.717) is 0 Å². The highest BCUT2D eigenvalue weighted by molar-refractivity contribution is 7.00. The molecule has 4 rings (SSSR count). The maximum absolute atomic E-state index is 7.19. The third kappa shape index (κ3) is 5.61. The van der Waals surface area contributed by atoms with Crippen molar-refractivity contribution in [3.8, 4) is 5.75 Å². The van der Waals surface area contributed by atoms with Gasteiger partial charge in [0.2, 0.25) is 0 Å². The van der Waals surface area contributed by atoms with Gasteiger partial charge in [0, 0.05) is 0 Å². The molecule has 0 heterocycles. The molecule has 0 spiro atoms. The Bertz CT molecular complexity index is 1250. The van der Waals surface area contributed by atoms with Gasteiger partial charge in [-0.15, -0.1) is 0 Å². The summed E-state index contributed by atoms with van der Waals surface area (Å²) in [6, 6.07) is 40.6. The van der Waals surface area contributed by atoms with Crippen molar-refractivity contribution in [1.82, 2.24) is 0 Å². The van der Waals surface area contributed by atoms with Crippen molar-refractivity contribution in [2.75, 3.05) is 0 Å². The molecule has 0 bridgehead atoms. The Morgan fingerprint density at radius 3 is 1.42 bits per heavy atom. The van der Waals surface area contributed by atoms with Crippen molar-refractivity contribution < 1.29 is 4.43 Å². The van der Waals surface area contributed by atoms with Crippen LogP contribution in [0.1, 0.15) is 31.9 Å². The van der Waals surface area contributed by atoms with Gasteiger partial charge in [0.1, 0.15) is 5.75 Å². The average Bonchev–Trinajstić information content (AvgIpc) is 2.87. The molecule has 4 aromatic rings. The molecule has 0 aliphatic rings. The summed E-state index contributed by atoms with van der Waals surface area (Å²) in [6.45, 7) is 13.7. The van der Waals surface area contributed by atoms with Crippen LogP contribution in [0.15, 0.2) is 120 Å². The summed E-state index contributed by atoms with van der Waals surface area (Å²) in [7, 11) is -4.35. The van der Waals surface area contributed by atoms with Crippen LogP contribution in [0.2, 0.25) is 24.7 Å². The van der Waals surface area contributed by atoms with Crippen LogP contribution in [0.5, 0.6) is 5.75 Å². The third-order valence-electron chi connectivity index (χ3n) is 6.31. The third-order valence-corrected chi connectivity index (χ3v) is 12.2. The van der Waals surface area contributed by atoms with Gasteiger partial charge in [-0.05, 0) is 70.4 Å². The van der Waals surface area contributed by atoms with Crippen LogP contribution in [0.4, 0.5) is 0 Å². The zero-order valence-corrected chi connectivity index (χ0v) is 24.3. The number of rotatable bonds is 7. The topological polar surface area (TPSA) is 21.6 Å². The molecule has 0 N–H and O–H groups in total. The molecular formula is C32H37NOSi2. The van der Waals surface area contributed by atoms with E-state index < -0.39 is 16.6 Å². The highest BCUT2D eigenvalue weighted by Crippen LogP contribution is 2.37. The lowest BCUT2D eigenvalue weighted by molar-refractivity contribution is 0.508. The van der Waals surface area contributed by atoms with Crippen molar-refractivity contribution >= 4 is 32.6 Å². The molecule has 4 heteroatoms. The Morgan fingerprint density at radius 1 is 0.583 bits per heavy atom. The van der Waals surface area contributed by atoms with E-state index in [1.807, 2.05) is 0 Å². The SMILES string of the molecule is CC(C)(C)[Si](Oc1ccc(/C(=N\[Si](C)(C)C)c2ccccc2)cc1)(c1ccccc1)c1ccccc1. The molecule has 0 saturated heterocycles. The predicted octanol–water partition coefficient (Wildman–Crippen LogP) is 7.30. The van der Waals surface area contributed by atoms with Gasteiger partial charge in [-0.2, -0.15) is 0 Å². The fraction of sp³-hybridized carbons (Fsp3) is 0.219. The molecule has 0 saturated carbocycles. The minimum absolute atomic E-state index is 0.0805. The summed E-state index contributed by atoms with van der Waals surface area (Å²) in [5, 5.41) is 2.47. The summed E-state index contributed by atoms with van der Waals surface area (Å²) in [5.41, 5.74) is 3.34. The van der Waals surface area contributed by atoms with Gasteiger partial charge in [-0.3, -0.25) is 0 Å². The van der Waals surface area contributed by atoms with Crippen molar-refractivity contribution in [2.24, 2.45) is 4.66 Å². The highest BCUT2D eigenvalue weighted by atomic mass is 28.4. The maximum Gasteiger partial charge on any atom is 0.319 e. The standard InChI is InChI=1S/C32H37NOSi2/c1-32(2,3)36(29-18-12-8-13-19-29,30-20-14-9-15-21-30)34-28-24-22-27(23-25-28)31(33-35(4,5)6)26-16-10-7-11-17-26/h7-25H,1-6H3/b33-31-. The van der Waals surface area contributed by atoms with Gasteiger partial charge in [-0.25, -0.2) is 0 Å². The lowest BCUT2D eigenvalue weighted by Gasteiger charge is -2.43. The normalized spacial score (nSPS) is 12.9. The van der Waals surface area contributed by atoms with Gasteiger partial charge in [0.25, 0.3) is 0 Å². The van der Waals surface area contributed by atoms with Crippen LogP contribution in [0.3, 0.4) is 0 Å². The molecule has 0 aromatic heterocycles. The first-order chi connectivity index (χ1) is 17.1. The van der Waals surface area contributed by atoms with E-state index in [4.69, 9.17) is 9.08 Å².